The van der Waals surface area contributed by atoms with E-state index in [0.29, 0.717) is 46.9 Å². The molecule has 2 aliphatic heterocycles. The van der Waals surface area contributed by atoms with Gasteiger partial charge in [0.2, 0.25) is 0 Å². The van der Waals surface area contributed by atoms with Crippen LogP contribution in [0, 0.1) is 12.7 Å². The number of aromatic nitrogens is 2. The Bertz CT molecular complexity index is 1440. The first-order chi connectivity index (χ1) is 18.5. The molecule has 5 rings (SSSR count). The number of amides is 1. The van der Waals surface area contributed by atoms with Crippen LogP contribution in [-0.4, -0.2) is 51.7 Å². The first-order valence-electron chi connectivity index (χ1n) is 12.9. The number of halogens is 4. The monoisotopic (exact) mass is 546 g/mol. The molecule has 11 heteroatoms. The molecule has 2 N–H and O–H groups in total. The number of hydrogen-bond donors (Lipinski definition) is 2. The van der Waals surface area contributed by atoms with E-state index in [0.717, 1.165) is 11.6 Å². The number of carbonyl (C=O) groups excluding carboxylic acids is 1. The number of carbonyl (C=O) groups is 1. The van der Waals surface area contributed by atoms with Gasteiger partial charge >= 0.3 is 0 Å². The summed E-state index contributed by atoms with van der Waals surface area (Å²) < 4.78 is 60.5. The Balaban J connectivity index is 1.58. The van der Waals surface area contributed by atoms with Gasteiger partial charge in [-0.3, -0.25) is 4.79 Å². The third-order valence-corrected chi connectivity index (χ3v) is 7.73. The summed E-state index contributed by atoms with van der Waals surface area (Å²) in [6, 6.07) is 4.52. The largest absolute Gasteiger partial charge is 0.492 e. The number of rotatable bonds is 6. The van der Waals surface area contributed by atoms with Crippen LogP contribution in [0.4, 0.5) is 23.4 Å². The summed E-state index contributed by atoms with van der Waals surface area (Å²) in [6.07, 6.45) is -2.03. The number of likely N-dealkylation sites (tertiary alicyclic amines) is 1. The van der Waals surface area contributed by atoms with Crippen LogP contribution in [0.25, 0.3) is 10.9 Å². The highest BCUT2D eigenvalue weighted by molar-refractivity contribution is 5.94. The average Bonchev–Trinajstić information content (AvgIpc) is 3.38. The van der Waals surface area contributed by atoms with Crippen molar-refractivity contribution in [2.45, 2.75) is 64.1 Å². The van der Waals surface area contributed by atoms with Crippen LogP contribution >= 0.6 is 0 Å². The molecule has 3 atom stereocenters. The van der Waals surface area contributed by atoms with E-state index in [2.05, 4.69) is 15.3 Å². The Morgan fingerprint density at radius 1 is 1.31 bits per heavy atom. The smallest absolute Gasteiger partial charge is 0.266 e. The van der Waals surface area contributed by atoms with Crippen molar-refractivity contribution in [3.63, 3.8) is 0 Å². The van der Waals surface area contributed by atoms with Crippen LogP contribution in [0.2, 0.25) is 0 Å². The molecule has 0 saturated carbocycles. The van der Waals surface area contributed by atoms with Gasteiger partial charge in [0, 0.05) is 47.5 Å². The second kappa shape index (κ2) is 10.3. The molecular formula is C28H30F4N4O3. The number of piperidine rings is 1. The van der Waals surface area contributed by atoms with Crippen LogP contribution in [0.5, 0.6) is 5.75 Å². The van der Waals surface area contributed by atoms with Crippen molar-refractivity contribution in [3.05, 3.63) is 58.2 Å². The van der Waals surface area contributed by atoms with E-state index in [1.54, 1.807) is 26.8 Å². The summed E-state index contributed by atoms with van der Waals surface area (Å²) in [5.74, 6) is -0.238. The van der Waals surface area contributed by atoms with E-state index in [1.165, 1.54) is 17.0 Å². The molecule has 1 fully saturated rings. The lowest BCUT2D eigenvalue weighted by atomic mass is 9.79. The second-order valence-electron chi connectivity index (χ2n) is 10.3. The molecule has 1 amide bonds. The number of anilines is 1. The molecule has 0 spiro atoms. The number of hydrogen-bond acceptors (Lipinski definition) is 6. The first kappa shape index (κ1) is 27.1. The van der Waals surface area contributed by atoms with Crippen molar-refractivity contribution in [1.29, 1.82) is 0 Å². The van der Waals surface area contributed by atoms with Gasteiger partial charge < -0.3 is 20.1 Å². The second-order valence-corrected chi connectivity index (χ2v) is 10.3. The van der Waals surface area contributed by atoms with E-state index >= 15 is 0 Å². The number of aryl methyl sites for hydroxylation is 1. The van der Waals surface area contributed by atoms with Crippen LogP contribution in [0.1, 0.15) is 67.2 Å². The molecule has 1 saturated heterocycles. The third kappa shape index (κ3) is 4.77. The lowest BCUT2D eigenvalue weighted by molar-refractivity contribution is -0.140. The lowest BCUT2D eigenvalue weighted by Crippen LogP contribution is -2.50. The Kier molecular flexibility index (Phi) is 7.13. The number of ether oxygens (including phenoxy) is 1. The van der Waals surface area contributed by atoms with E-state index in [-0.39, 0.29) is 24.9 Å². The van der Waals surface area contributed by atoms with E-state index in [4.69, 9.17) is 4.74 Å². The van der Waals surface area contributed by atoms with Crippen molar-refractivity contribution in [3.8, 4) is 5.75 Å². The molecule has 1 aromatic heterocycles. The normalized spacial score (nSPS) is 21.7. The molecule has 3 aromatic rings. The van der Waals surface area contributed by atoms with Crippen molar-refractivity contribution < 1.29 is 32.2 Å². The average molecular weight is 547 g/mol. The molecule has 39 heavy (non-hydrogen) atoms. The highest BCUT2D eigenvalue weighted by Gasteiger charge is 2.43. The van der Waals surface area contributed by atoms with Crippen molar-refractivity contribution in [2.75, 3.05) is 25.1 Å². The molecule has 0 unspecified atom stereocenters. The Morgan fingerprint density at radius 3 is 2.74 bits per heavy atom. The molecule has 3 heterocycles. The predicted octanol–water partition coefficient (Wildman–Crippen LogP) is 5.29. The first-order valence-corrected chi connectivity index (χ1v) is 12.9. The van der Waals surface area contributed by atoms with Gasteiger partial charge in [-0.1, -0.05) is 18.2 Å². The van der Waals surface area contributed by atoms with Gasteiger partial charge in [0.05, 0.1) is 29.3 Å². The van der Waals surface area contributed by atoms with Crippen LogP contribution in [-0.2, 0) is 16.8 Å². The van der Waals surface area contributed by atoms with Crippen molar-refractivity contribution >= 4 is 22.6 Å². The molecule has 2 aliphatic rings. The molecule has 0 radical (unpaired) electrons. The fraction of sp³-hybridized carbons (Fsp3) is 0.464. The fourth-order valence-corrected chi connectivity index (χ4v) is 5.81. The van der Waals surface area contributed by atoms with Gasteiger partial charge in [0.25, 0.3) is 12.3 Å². The third-order valence-electron chi connectivity index (χ3n) is 7.73. The SMILES string of the molecule is Cc1nc(N[C@H](C)c2cccc(C(F)F)c2F)c2cc([C@]3(O)CCN(C(=O)CF)[C@H](C)C3)c3c(c2n1)CCO3. The van der Waals surface area contributed by atoms with Crippen LogP contribution in [0.3, 0.4) is 0 Å². The Morgan fingerprint density at radius 2 is 2.05 bits per heavy atom. The van der Waals surface area contributed by atoms with Gasteiger partial charge in [-0.15, -0.1) is 0 Å². The fourth-order valence-electron chi connectivity index (χ4n) is 5.81. The van der Waals surface area contributed by atoms with Crippen LogP contribution < -0.4 is 10.1 Å². The highest BCUT2D eigenvalue weighted by Crippen LogP contribution is 2.47. The predicted molar refractivity (Wildman–Crippen MR) is 137 cm³/mol. The highest BCUT2D eigenvalue weighted by atomic mass is 19.3. The number of alkyl halides is 3. The molecule has 7 nitrogen and oxygen atoms in total. The minimum absolute atomic E-state index is 0.0688. The number of nitrogens with one attached hydrogen (secondary N) is 1. The minimum atomic E-state index is -2.95. The molecule has 0 bridgehead atoms. The van der Waals surface area contributed by atoms with E-state index in [9.17, 15) is 27.5 Å². The molecule has 208 valence electrons. The topological polar surface area (TPSA) is 87.6 Å². The maximum absolute atomic E-state index is 14.9. The maximum atomic E-state index is 14.9. The molecule has 2 aromatic carbocycles. The van der Waals surface area contributed by atoms with Gasteiger partial charge in [-0.2, -0.15) is 0 Å². The standard InChI is InChI=1S/C28H30F4N4O3/c1-14-12-28(38,8-9-36(14)22(37)13-29)21-11-20-24(19-7-10-39-25(19)21)34-16(3)35-27(20)33-15(2)17-5-4-6-18(23(17)30)26(31)32/h4-6,11,14-15,26,38H,7-10,12-13H2,1-3H3,(H,33,34,35)/t14-,15-,28+/m1/s1. The number of fused-ring (bicyclic) bond motifs is 3. The number of nitrogens with zero attached hydrogens (tertiary/aromatic N) is 3. The maximum Gasteiger partial charge on any atom is 0.266 e. The summed E-state index contributed by atoms with van der Waals surface area (Å²) in [7, 11) is 0. The summed E-state index contributed by atoms with van der Waals surface area (Å²) in [5, 5.41) is 15.6. The van der Waals surface area contributed by atoms with Crippen molar-refractivity contribution in [1.82, 2.24) is 14.9 Å². The summed E-state index contributed by atoms with van der Waals surface area (Å²) in [6.45, 7) is 4.62. The van der Waals surface area contributed by atoms with Crippen molar-refractivity contribution in [2.24, 2.45) is 0 Å². The zero-order valence-electron chi connectivity index (χ0n) is 21.9. The number of benzene rings is 2. The van der Waals surface area contributed by atoms with Gasteiger partial charge in [-0.05, 0) is 33.3 Å². The minimum Gasteiger partial charge on any atom is -0.492 e. The Hall–Kier alpha value is -3.47. The van der Waals surface area contributed by atoms with Gasteiger partial charge in [0.1, 0.15) is 23.2 Å². The Labute approximate surface area is 223 Å². The van der Waals surface area contributed by atoms with Crippen LogP contribution in [0.15, 0.2) is 24.3 Å². The van der Waals surface area contributed by atoms with E-state index in [1.807, 2.05) is 0 Å². The van der Waals surface area contributed by atoms with Gasteiger partial charge in [0.15, 0.2) is 6.67 Å². The molecular weight excluding hydrogens is 516 g/mol. The summed E-state index contributed by atoms with van der Waals surface area (Å²) in [5.41, 5.74) is -0.0124. The lowest BCUT2D eigenvalue weighted by Gasteiger charge is -2.43. The summed E-state index contributed by atoms with van der Waals surface area (Å²) >= 11 is 0. The zero-order chi connectivity index (χ0) is 28.1. The van der Waals surface area contributed by atoms with E-state index < -0.39 is 48.1 Å². The number of aliphatic hydroxyl groups is 1. The summed E-state index contributed by atoms with van der Waals surface area (Å²) in [4.78, 5) is 22.6. The zero-order valence-corrected chi connectivity index (χ0v) is 21.9. The quantitative estimate of drug-likeness (QED) is 0.409. The van der Waals surface area contributed by atoms with Gasteiger partial charge in [-0.25, -0.2) is 27.5 Å². The molecule has 0 aliphatic carbocycles.